The molecule has 3 rings (SSSR count). The van der Waals surface area contributed by atoms with Crippen molar-refractivity contribution < 1.29 is 4.39 Å². The molecule has 1 heterocycles. The summed E-state index contributed by atoms with van der Waals surface area (Å²) in [5.74, 6) is -0.179. The first-order valence-corrected chi connectivity index (χ1v) is 8.86. The molecule has 0 spiro atoms. The summed E-state index contributed by atoms with van der Waals surface area (Å²) in [6.07, 6.45) is 8.26. The molecule has 1 aliphatic carbocycles. The Morgan fingerprint density at radius 2 is 1.86 bits per heavy atom. The molecule has 2 aliphatic rings. The largest absolute Gasteiger partial charge is 0.326 e. The molecule has 2 N–H and O–H groups in total. The van der Waals surface area contributed by atoms with Gasteiger partial charge in [-0.3, -0.25) is 4.90 Å². The Labute approximate surface area is 135 Å². The van der Waals surface area contributed by atoms with Crippen molar-refractivity contribution in [2.24, 2.45) is 5.73 Å². The van der Waals surface area contributed by atoms with Gasteiger partial charge in [-0.2, -0.15) is 0 Å². The summed E-state index contributed by atoms with van der Waals surface area (Å²) in [5, 5.41) is 0. The van der Waals surface area contributed by atoms with Crippen molar-refractivity contribution in [1.29, 1.82) is 0 Å². The van der Waals surface area contributed by atoms with Crippen LogP contribution < -0.4 is 5.73 Å². The second kappa shape index (κ2) is 6.35. The molecule has 1 saturated carbocycles. The number of likely N-dealkylation sites (tertiary alicyclic amines) is 1. The van der Waals surface area contributed by atoms with Crippen molar-refractivity contribution in [3.05, 3.63) is 34.1 Å². The molecule has 1 aromatic rings. The third kappa shape index (κ3) is 3.03. The van der Waals surface area contributed by atoms with Crippen LogP contribution >= 0.6 is 15.9 Å². The summed E-state index contributed by atoms with van der Waals surface area (Å²) in [6, 6.07) is 4.98. The average Bonchev–Trinajstić information content (AvgIpc) is 3.13. The van der Waals surface area contributed by atoms with E-state index in [-0.39, 0.29) is 17.4 Å². The third-order valence-corrected chi connectivity index (χ3v) is 6.12. The predicted molar refractivity (Wildman–Crippen MR) is 87.8 cm³/mol. The first kappa shape index (κ1) is 15.4. The maximum atomic E-state index is 13.5. The monoisotopic (exact) mass is 354 g/mol. The van der Waals surface area contributed by atoms with Crippen molar-refractivity contribution in [1.82, 2.24) is 4.90 Å². The highest BCUT2D eigenvalue weighted by Crippen LogP contribution is 2.40. The number of halogens is 2. The van der Waals surface area contributed by atoms with Crippen LogP contribution in [0.2, 0.25) is 0 Å². The van der Waals surface area contributed by atoms with E-state index in [1.54, 1.807) is 12.1 Å². The highest BCUT2D eigenvalue weighted by atomic mass is 79.9. The Kier molecular flexibility index (Phi) is 4.67. The molecule has 2 fully saturated rings. The van der Waals surface area contributed by atoms with Crippen LogP contribution in [0.3, 0.4) is 0 Å². The SMILES string of the molecule is NC(Cc1cc(F)ccc1Br)C1(N2CCCC2)CCCC1. The highest BCUT2D eigenvalue weighted by molar-refractivity contribution is 9.10. The predicted octanol–water partition coefficient (Wildman–Crippen LogP) is 3.87. The molecule has 1 unspecified atom stereocenters. The van der Waals surface area contributed by atoms with E-state index >= 15 is 0 Å². The highest BCUT2D eigenvalue weighted by Gasteiger charge is 2.45. The van der Waals surface area contributed by atoms with Crippen molar-refractivity contribution in [3.8, 4) is 0 Å². The first-order valence-electron chi connectivity index (χ1n) is 8.06. The van der Waals surface area contributed by atoms with Gasteiger partial charge in [0.05, 0.1) is 0 Å². The molecule has 2 nitrogen and oxygen atoms in total. The van der Waals surface area contributed by atoms with Gasteiger partial charge in [0.25, 0.3) is 0 Å². The van der Waals surface area contributed by atoms with E-state index in [2.05, 4.69) is 20.8 Å². The van der Waals surface area contributed by atoms with Gasteiger partial charge in [0, 0.05) is 16.1 Å². The molecular formula is C17H24BrFN2. The summed E-state index contributed by atoms with van der Waals surface area (Å²) in [6.45, 7) is 2.36. The molecule has 21 heavy (non-hydrogen) atoms. The molecular weight excluding hydrogens is 331 g/mol. The van der Waals surface area contributed by atoms with Gasteiger partial charge in [0.15, 0.2) is 0 Å². The topological polar surface area (TPSA) is 29.3 Å². The normalized spacial score (nSPS) is 23.6. The Morgan fingerprint density at radius 1 is 1.19 bits per heavy atom. The lowest BCUT2D eigenvalue weighted by Crippen LogP contribution is -2.58. The first-order chi connectivity index (χ1) is 10.1. The molecule has 0 amide bonds. The van der Waals surface area contributed by atoms with Gasteiger partial charge in [-0.1, -0.05) is 28.8 Å². The zero-order chi connectivity index (χ0) is 14.9. The fourth-order valence-electron chi connectivity index (χ4n) is 4.20. The lowest BCUT2D eigenvalue weighted by molar-refractivity contribution is 0.0921. The van der Waals surface area contributed by atoms with Crippen molar-refractivity contribution in [2.45, 2.75) is 56.5 Å². The summed E-state index contributed by atoms with van der Waals surface area (Å²) in [7, 11) is 0. The summed E-state index contributed by atoms with van der Waals surface area (Å²) < 4.78 is 14.5. The second-order valence-electron chi connectivity index (χ2n) is 6.55. The Hall–Kier alpha value is -0.450. The number of benzene rings is 1. The summed E-state index contributed by atoms with van der Waals surface area (Å²) in [4.78, 5) is 2.62. The number of rotatable bonds is 4. The fraction of sp³-hybridized carbons (Fsp3) is 0.647. The number of nitrogens with two attached hydrogens (primary N) is 1. The van der Waals surface area contributed by atoms with Crippen molar-refractivity contribution in [2.75, 3.05) is 13.1 Å². The van der Waals surface area contributed by atoms with Gasteiger partial charge in [0.1, 0.15) is 5.82 Å². The van der Waals surface area contributed by atoms with E-state index in [0.717, 1.165) is 16.5 Å². The van der Waals surface area contributed by atoms with Gasteiger partial charge in [0.2, 0.25) is 0 Å². The minimum atomic E-state index is -0.179. The molecule has 0 radical (unpaired) electrons. The smallest absolute Gasteiger partial charge is 0.123 e. The molecule has 1 atom stereocenters. The van der Waals surface area contributed by atoms with Gasteiger partial charge >= 0.3 is 0 Å². The number of hydrogen-bond acceptors (Lipinski definition) is 2. The van der Waals surface area contributed by atoms with E-state index < -0.39 is 0 Å². The van der Waals surface area contributed by atoms with Crippen LogP contribution in [-0.2, 0) is 6.42 Å². The van der Waals surface area contributed by atoms with Crippen LogP contribution in [0.4, 0.5) is 4.39 Å². The maximum absolute atomic E-state index is 13.5. The number of hydrogen-bond donors (Lipinski definition) is 1. The third-order valence-electron chi connectivity index (χ3n) is 5.34. The van der Waals surface area contributed by atoms with E-state index in [0.29, 0.717) is 0 Å². The lowest BCUT2D eigenvalue weighted by Gasteiger charge is -2.43. The van der Waals surface area contributed by atoms with E-state index in [9.17, 15) is 4.39 Å². The summed E-state index contributed by atoms with van der Waals surface area (Å²) >= 11 is 3.53. The Morgan fingerprint density at radius 3 is 2.52 bits per heavy atom. The summed E-state index contributed by atoms with van der Waals surface area (Å²) in [5.41, 5.74) is 7.79. The average molecular weight is 355 g/mol. The number of nitrogens with zero attached hydrogens (tertiary/aromatic N) is 1. The standard InChI is InChI=1S/C17H24BrFN2/c18-15-6-5-14(19)11-13(15)12-16(20)17(7-1-2-8-17)21-9-3-4-10-21/h5-6,11,16H,1-4,7-10,12,20H2. The fourth-order valence-corrected chi connectivity index (χ4v) is 4.61. The quantitative estimate of drug-likeness (QED) is 0.889. The Balaban J connectivity index is 1.81. The van der Waals surface area contributed by atoms with Crippen molar-refractivity contribution >= 4 is 15.9 Å². The molecule has 1 aliphatic heterocycles. The zero-order valence-electron chi connectivity index (χ0n) is 12.5. The van der Waals surface area contributed by atoms with Gasteiger partial charge in [-0.25, -0.2) is 4.39 Å². The zero-order valence-corrected chi connectivity index (χ0v) is 14.0. The van der Waals surface area contributed by atoms with Gasteiger partial charge < -0.3 is 5.73 Å². The molecule has 1 saturated heterocycles. The molecule has 1 aromatic carbocycles. The maximum Gasteiger partial charge on any atom is 0.123 e. The van der Waals surface area contributed by atoms with E-state index in [4.69, 9.17) is 5.73 Å². The van der Waals surface area contributed by atoms with Crippen LogP contribution in [0.1, 0.15) is 44.1 Å². The van der Waals surface area contributed by atoms with Crippen LogP contribution in [0.5, 0.6) is 0 Å². The molecule has 4 heteroatoms. The van der Waals surface area contributed by atoms with Crippen LogP contribution in [-0.4, -0.2) is 29.6 Å². The molecule has 0 aromatic heterocycles. The lowest BCUT2D eigenvalue weighted by atomic mass is 9.83. The van der Waals surface area contributed by atoms with E-state index in [1.165, 1.54) is 57.7 Å². The second-order valence-corrected chi connectivity index (χ2v) is 7.41. The molecule has 0 bridgehead atoms. The van der Waals surface area contributed by atoms with Crippen molar-refractivity contribution in [3.63, 3.8) is 0 Å². The Bertz CT molecular complexity index is 494. The molecule has 116 valence electrons. The van der Waals surface area contributed by atoms with Crippen LogP contribution in [0.25, 0.3) is 0 Å². The van der Waals surface area contributed by atoms with Crippen LogP contribution in [0, 0.1) is 5.82 Å². The van der Waals surface area contributed by atoms with E-state index in [1.807, 2.05) is 0 Å². The van der Waals surface area contributed by atoms with Gasteiger partial charge in [-0.15, -0.1) is 0 Å². The minimum Gasteiger partial charge on any atom is -0.326 e. The van der Waals surface area contributed by atoms with Gasteiger partial charge in [-0.05, 0) is 69.0 Å². The van der Waals surface area contributed by atoms with Crippen LogP contribution in [0.15, 0.2) is 22.7 Å². The minimum absolute atomic E-state index is 0.0798.